The van der Waals surface area contributed by atoms with Crippen molar-refractivity contribution in [1.29, 1.82) is 0 Å². The lowest BCUT2D eigenvalue weighted by atomic mass is 10.1. The van der Waals surface area contributed by atoms with E-state index < -0.39 is 6.72 Å². The van der Waals surface area contributed by atoms with Gasteiger partial charge in [-0.25, -0.2) is 0 Å². The Labute approximate surface area is 178 Å². The van der Waals surface area contributed by atoms with Crippen molar-refractivity contribution >= 4 is 18.5 Å². The van der Waals surface area contributed by atoms with E-state index in [1.807, 2.05) is 77.9 Å². The second-order valence-electron chi connectivity index (χ2n) is 7.53. The van der Waals surface area contributed by atoms with Gasteiger partial charge in [-0.1, -0.05) is 53.1 Å². The molecule has 152 valence electrons. The maximum Gasteiger partial charge on any atom is 0.490 e. The van der Waals surface area contributed by atoms with Gasteiger partial charge in [0.05, 0.1) is 0 Å². The van der Waals surface area contributed by atoms with E-state index in [0.29, 0.717) is 17.2 Å². The summed E-state index contributed by atoms with van der Waals surface area (Å²) in [5, 5.41) is 0. The Kier molecular flexibility index (Phi) is 6.36. The van der Waals surface area contributed by atoms with Gasteiger partial charge in [0.15, 0.2) is 0 Å². The molecular formula is C24H27O3PS. The van der Waals surface area contributed by atoms with E-state index >= 15 is 0 Å². The average molecular weight is 427 g/mol. The first-order chi connectivity index (χ1) is 13.6. The van der Waals surface area contributed by atoms with Crippen molar-refractivity contribution in [2.75, 3.05) is 0 Å². The minimum absolute atomic E-state index is 0.675. The molecule has 0 spiro atoms. The molecule has 0 amide bonds. The molecule has 0 heterocycles. The lowest BCUT2D eigenvalue weighted by Gasteiger charge is -2.25. The smallest absolute Gasteiger partial charge is 0.407 e. The first-order valence-corrected chi connectivity index (χ1v) is 12.1. The molecule has 3 nitrogen and oxygen atoms in total. The quantitative estimate of drug-likeness (QED) is 0.387. The SMILES string of the molecule is Cc1ccc(OP(=S)(Oc2ccc(C)cc2C)Oc2ccc(C)cc2C)c(C)c1. The highest BCUT2D eigenvalue weighted by Gasteiger charge is 2.29. The van der Waals surface area contributed by atoms with Gasteiger partial charge >= 0.3 is 6.72 Å². The van der Waals surface area contributed by atoms with Crippen molar-refractivity contribution in [3.05, 3.63) is 88.0 Å². The van der Waals surface area contributed by atoms with Gasteiger partial charge in [0, 0.05) is 11.8 Å². The van der Waals surface area contributed by atoms with Crippen LogP contribution in [0, 0.1) is 41.5 Å². The maximum atomic E-state index is 6.25. The van der Waals surface area contributed by atoms with Gasteiger partial charge in [-0.15, -0.1) is 0 Å². The molecule has 0 radical (unpaired) electrons. The maximum absolute atomic E-state index is 6.25. The van der Waals surface area contributed by atoms with Crippen molar-refractivity contribution in [3.63, 3.8) is 0 Å². The molecule has 0 aromatic heterocycles. The van der Waals surface area contributed by atoms with Crippen LogP contribution in [0.3, 0.4) is 0 Å². The molecule has 0 saturated carbocycles. The van der Waals surface area contributed by atoms with Crippen LogP contribution < -0.4 is 13.6 Å². The van der Waals surface area contributed by atoms with Gasteiger partial charge in [0.2, 0.25) is 0 Å². The van der Waals surface area contributed by atoms with Crippen LogP contribution in [-0.2, 0) is 11.8 Å². The summed E-state index contributed by atoms with van der Waals surface area (Å²) < 4.78 is 18.7. The van der Waals surface area contributed by atoms with E-state index in [1.165, 1.54) is 0 Å². The van der Waals surface area contributed by atoms with Crippen LogP contribution in [0.1, 0.15) is 33.4 Å². The van der Waals surface area contributed by atoms with Gasteiger partial charge in [-0.2, -0.15) is 0 Å². The molecule has 0 aliphatic heterocycles. The van der Waals surface area contributed by atoms with Crippen molar-refractivity contribution in [3.8, 4) is 17.2 Å². The number of hydrogen-bond acceptors (Lipinski definition) is 4. The first kappa shape index (κ1) is 21.4. The van der Waals surface area contributed by atoms with Crippen LogP contribution >= 0.6 is 6.72 Å². The highest BCUT2D eigenvalue weighted by Crippen LogP contribution is 2.52. The van der Waals surface area contributed by atoms with Gasteiger partial charge in [0.25, 0.3) is 0 Å². The van der Waals surface area contributed by atoms with Crippen LogP contribution in [0.25, 0.3) is 0 Å². The highest BCUT2D eigenvalue weighted by molar-refractivity contribution is 8.08. The summed E-state index contributed by atoms with van der Waals surface area (Å²) in [6, 6.07) is 17.9. The lowest BCUT2D eigenvalue weighted by molar-refractivity contribution is 0.380. The average Bonchev–Trinajstić information content (AvgIpc) is 2.63. The molecule has 0 unspecified atom stereocenters. The number of aryl methyl sites for hydroxylation is 6. The second kappa shape index (κ2) is 8.61. The normalized spacial score (nSPS) is 11.2. The third kappa shape index (κ3) is 5.41. The molecule has 3 aromatic carbocycles. The molecule has 0 bridgehead atoms. The Morgan fingerprint density at radius 2 is 0.793 bits per heavy atom. The van der Waals surface area contributed by atoms with Gasteiger partial charge in [-0.3, -0.25) is 0 Å². The summed E-state index contributed by atoms with van der Waals surface area (Å²) in [7, 11) is 0. The molecular weight excluding hydrogens is 399 g/mol. The largest absolute Gasteiger partial charge is 0.490 e. The molecule has 3 rings (SSSR count). The Morgan fingerprint density at radius 1 is 0.517 bits per heavy atom. The van der Waals surface area contributed by atoms with Gasteiger partial charge < -0.3 is 13.6 Å². The third-order valence-electron chi connectivity index (χ3n) is 4.62. The summed E-state index contributed by atoms with van der Waals surface area (Å²) in [5.74, 6) is 2.02. The molecule has 0 aliphatic rings. The summed E-state index contributed by atoms with van der Waals surface area (Å²) in [6.45, 7) is 8.95. The highest BCUT2D eigenvalue weighted by atomic mass is 32.5. The summed E-state index contributed by atoms with van der Waals surface area (Å²) >= 11 is 5.87. The van der Waals surface area contributed by atoms with Crippen LogP contribution in [0.5, 0.6) is 17.2 Å². The standard InChI is InChI=1S/C24H27O3PS/c1-16-7-10-22(19(4)13-16)25-28(29,26-23-11-8-17(2)14-20(23)5)27-24-12-9-18(3)15-21(24)6/h7-15H,1-6H3. The van der Waals surface area contributed by atoms with Crippen molar-refractivity contribution in [2.45, 2.75) is 41.5 Å². The van der Waals surface area contributed by atoms with E-state index in [1.54, 1.807) is 0 Å². The minimum atomic E-state index is -3.18. The Balaban J connectivity index is 2.00. The summed E-state index contributed by atoms with van der Waals surface area (Å²) in [4.78, 5) is 0. The van der Waals surface area contributed by atoms with Crippen LogP contribution in [0.4, 0.5) is 0 Å². The van der Waals surface area contributed by atoms with Crippen LogP contribution in [0.2, 0.25) is 0 Å². The predicted molar refractivity (Wildman–Crippen MR) is 124 cm³/mol. The van der Waals surface area contributed by atoms with E-state index in [-0.39, 0.29) is 0 Å². The summed E-state index contributed by atoms with van der Waals surface area (Å²) in [5.41, 5.74) is 6.46. The number of hydrogen-bond donors (Lipinski definition) is 0. The summed E-state index contributed by atoms with van der Waals surface area (Å²) in [6.07, 6.45) is 0. The zero-order valence-electron chi connectivity index (χ0n) is 17.8. The Morgan fingerprint density at radius 3 is 1.03 bits per heavy atom. The molecule has 0 N–H and O–H groups in total. The minimum Gasteiger partial charge on any atom is -0.407 e. The van der Waals surface area contributed by atoms with E-state index in [4.69, 9.17) is 25.4 Å². The molecule has 0 aliphatic carbocycles. The Hall–Kier alpha value is -2.29. The Bertz CT molecular complexity index is 955. The van der Waals surface area contributed by atoms with Gasteiger partial charge in [-0.05, 0) is 76.4 Å². The monoisotopic (exact) mass is 426 g/mol. The predicted octanol–water partition coefficient (Wildman–Crippen LogP) is 7.30. The molecule has 3 aromatic rings. The van der Waals surface area contributed by atoms with Crippen molar-refractivity contribution in [1.82, 2.24) is 0 Å². The van der Waals surface area contributed by atoms with Crippen LogP contribution in [0.15, 0.2) is 54.6 Å². The van der Waals surface area contributed by atoms with E-state index in [0.717, 1.165) is 33.4 Å². The molecule has 0 atom stereocenters. The van der Waals surface area contributed by atoms with E-state index in [9.17, 15) is 0 Å². The third-order valence-corrected chi connectivity index (χ3v) is 6.55. The number of rotatable bonds is 6. The number of benzene rings is 3. The molecule has 29 heavy (non-hydrogen) atoms. The van der Waals surface area contributed by atoms with E-state index in [2.05, 4.69) is 18.2 Å². The second-order valence-corrected chi connectivity index (χ2v) is 10.3. The molecule has 0 saturated heterocycles. The lowest BCUT2D eigenvalue weighted by Crippen LogP contribution is -2.09. The fourth-order valence-electron chi connectivity index (χ4n) is 3.12. The fraction of sp³-hybridized carbons (Fsp3) is 0.250. The van der Waals surface area contributed by atoms with Gasteiger partial charge in [0.1, 0.15) is 17.2 Å². The van der Waals surface area contributed by atoms with Crippen molar-refractivity contribution in [2.24, 2.45) is 0 Å². The fourth-order valence-corrected chi connectivity index (χ4v) is 5.29. The topological polar surface area (TPSA) is 27.7 Å². The molecule has 5 heteroatoms. The van der Waals surface area contributed by atoms with Crippen molar-refractivity contribution < 1.29 is 13.6 Å². The zero-order chi connectivity index (χ0) is 21.2. The zero-order valence-corrected chi connectivity index (χ0v) is 19.5. The van der Waals surface area contributed by atoms with Crippen LogP contribution in [-0.4, -0.2) is 0 Å². The first-order valence-electron chi connectivity index (χ1n) is 9.56. The molecule has 0 fully saturated rings.